The van der Waals surface area contributed by atoms with Gasteiger partial charge in [-0.15, -0.1) is 0 Å². The van der Waals surface area contributed by atoms with Gasteiger partial charge in [0, 0.05) is 12.5 Å². The number of hydrogen-bond acceptors (Lipinski definition) is 4. The van der Waals surface area contributed by atoms with Gasteiger partial charge in [-0.05, 0) is 35.2 Å². The SMILES string of the molecule is CCCNC(=O)N1[C@H](C#N)[C@H](c2ccc(-c3cccc(OC)c3)cc2)[C@H]1CO. The van der Waals surface area contributed by atoms with Crippen LogP contribution in [0.1, 0.15) is 24.8 Å². The molecule has 2 aromatic rings. The molecule has 0 radical (unpaired) electrons. The summed E-state index contributed by atoms with van der Waals surface area (Å²) < 4.78 is 5.28. The quantitative estimate of drug-likeness (QED) is 0.807. The summed E-state index contributed by atoms with van der Waals surface area (Å²) in [5, 5.41) is 22.2. The summed E-state index contributed by atoms with van der Waals surface area (Å²) in [4.78, 5) is 13.8. The van der Waals surface area contributed by atoms with Gasteiger partial charge < -0.3 is 20.1 Å². The van der Waals surface area contributed by atoms with Gasteiger partial charge >= 0.3 is 6.03 Å². The third kappa shape index (κ3) is 3.67. The predicted octanol–water partition coefficient (Wildman–Crippen LogP) is 3.13. The molecule has 1 fully saturated rings. The number of methoxy groups -OCH3 is 1. The van der Waals surface area contributed by atoms with Crippen molar-refractivity contribution in [3.05, 3.63) is 54.1 Å². The van der Waals surface area contributed by atoms with Gasteiger partial charge in [-0.25, -0.2) is 4.79 Å². The van der Waals surface area contributed by atoms with Crippen LogP contribution in [0.15, 0.2) is 48.5 Å². The van der Waals surface area contributed by atoms with E-state index in [0.717, 1.165) is 28.9 Å². The molecule has 0 aromatic heterocycles. The molecule has 1 saturated heterocycles. The summed E-state index contributed by atoms with van der Waals surface area (Å²) in [6, 6.07) is 16.7. The van der Waals surface area contributed by atoms with Crippen molar-refractivity contribution in [3.8, 4) is 22.9 Å². The maximum atomic E-state index is 12.3. The number of likely N-dealkylation sites (tertiary alicyclic amines) is 1. The molecule has 0 aliphatic carbocycles. The van der Waals surface area contributed by atoms with Gasteiger partial charge in [0.05, 0.1) is 25.8 Å². The molecule has 1 heterocycles. The number of carbonyl (C=O) groups is 1. The summed E-state index contributed by atoms with van der Waals surface area (Å²) in [5.74, 6) is 0.584. The second-order valence-electron chi connectivity index (χ2n) is 6.84. The van der Waals surface area contributed by atoms with Crippen LogP contribution in [0.25, 0.3) is 11.1 Å². The lowest BCUT2D eigenvalue weighted by Crippen LogP contribution is -2.67. The minimum atomic E-state index is -0.586. The van der Waals surface area contributed by atoms with Crippen LogP contribution in [0.2, 0.25) is 0 Å². The number of nitriles is 1. The Morgan fingerprint density at radius 2 is 2.00 bits per heavy atom. The van der Waals surface area contributed by atoms with E-state index in [2.05, 4.69) is 11.4 Å². The summed E-state index contributed by atoms with van der Waals surface area (Å²) in [6.45, 7) is 2.33. The van der Waals surface area contributed by atoms with Crippen molar-refractivity contribution in [2.75, 3.05) is 20.3 Å². The number of nitrogens with one attached hydrogen (secondary N) is 1. The zero-order valence-electron chi connectivity index (χ0n) is 16.1. The number of rotatable bonds is 6. The van der Waals surface area contributed by atoms with E-state index in [1.165, 1.54) is 4.90 Å². The topological polar surface area (TPSA) is 85.6 Å². The molecule has 1 aliphatic heterocycles. The van der Waals surface area contributed by atoms with E-state index in [0.29, 0.717) is 6.54 Å². The second-order valence-corrected chi connectivity index (χ2v) is 6.84. The van der Waals surface area contributed by atoms with Crippen molar-refractivity contribution < 1.29 is 14.6 Å². The summed E-state index contributed by atoms with van der Waals surface area (Å²) in [7, 11) is 1.64. The Bertz CT molecular complexity index is 860. The number of carbonyl (C=O) groups excluding carboxylic acids is 1. The molecule has 2 N–H and O–H groups in total. The van der Waals surface area contributed by atoms with Crippen molar-refractivity contribution in [2.24, 2.45) is 0 Å². The Kier molecular flexibility index (Phi) is 6.17. The van der Waals surface area contributed by atoms with Gasteiger partial charge in [0.15, 0.2) is 0 Å². The van der Waals surface area contributed by atoms with Crippen molar-refractivity contribution in [3.63, 3.8) is 0 Å². The number of aliphatic hydroxyl groups excluding tert-OH is 1. The highest BCUT2D eigenvalue weighted by Crippen LogP contribution is 2.41. The highest BCUT2D eigenvalue weighted by atomic mass is 16.5. The minimum absolute atomic E-state index is 0.181. The maximum absolute atomic E-state index is 12.3. The van der Waals surface area contributed by atoms with Crippen molar-refractivity contribution >= 4 is 6.03 Å². The molecule has 146 valence electrons. The lowest BCUT2D eigenvalue weighted by molar-refractivity contribution is 0.0169. The van der Waals surface area contributed by atoms with Crippen LogP contribution in [-0.4, -0.2) is 48.4 Å². The first kappa shape index (κ1) is 19.7. The lowest BCUT2D eigenvalue weighted by atomic mass is 9.76. The van der Waals surface area contributed by atoms with Crippen molar-refractivity contribution in [1.29, 1.82) is 5.26 Å². The first-order chi connectivity index (χ1) is 13.6. The Morgan fingerprint density at radius 1 is 1.25 bits per heavy atom. The van der Waals surface area contributed by atoms with E-state index in [1.807, 2.05) is 55.5 Å². The molecule has 0 spiro atoms. The lowest BCUT2D eigenvalue weighted by Gasteiger charge is -2.51. The number of amides is 2. The largest absolute Gasteiger partial charge is 0.497 e. The molecule has 0 bridgehead atoms. The maximum Gasteiger partial charge on any atom is 0.318 e. The van der Waals surface area contributed by atoms with Crippen molar-refractivity contribution in [2.45, 2.75) is 31.3 Å². The molecule has 2 aromatic carbocycles. The molecule has 6 heteroatoms. The number of ether oxygens (including phenoxy) is 1. The third-order valence-electron chi connectivity index (χ3n) is 5.19. The fourth-order valence-electron chi connectivity index (χ4n) is 3.71. The van der Waals surface area contributed by atoms with Crippen LogP contribution in [0.5, 0.6) is 5.75 Å². The number of benzene rings is 2. The molecular formula is C22H25N3O3. The zero-order valence-corrected chi connectivity index (χ0v) is 16.1. The first-order valence-electron chi connectivity index (χ1n) is 9.45. The van der Waals surface area contributed by atoms with Crippen LogP contribution in [-0.2, 0) is 0 Å². The van der Waals surface area contributed by atoms with E-state index < -0.39 is 12.1 Å². The van der Waals surface area contributed by atoms with E-state index in [4.69, 9.17) is 4.74 Å². The summed E-state index contributed by atoms with van der Waals surface area (Å²) >= 11 is 0. The standard InChI is InChI=1S/C22H25N3O3/c1-3-11-24-22(27)25-19(13-23)21(20(25)14-26)16-9-7-15(8-10-16)17-5-4-6-18(12-17)28-2/h4-10,12,19-21,26H,3,11,14H2,1-2H3,(H,24,27)/t19-,20-,21+/m1/s1. The minimum Gasteiger partial charge on any atom is -0.497 e. The number of aliphatic hydroxyl groups is 1. The smallest absolute Gasteiger partial charge is 0.318 e. The highest BCUT2D eigenvalue weighted by molar-refractivity contribution is 5.77. The van der Waals surface area contributed by atoms with Gasteiger partial charge in [0.2, 0.25) is 0 Å². The van der Waals surface area contributed by atoms with E-state index in [9.17, 15) is 15.2 Å². The fourth-order valence-corrected chi connectivity index (χ4v) is 3.71. The Labute approximate surface area is 165 Å². The molecule has 0 saturated carbocycles. The van der Waals surface area contributed by atoms with Gasteiger partial charge in [-0.2, -0.15) is 5.26 Å². The van der Waals surface area contributed by atoms with Gasteiger partial charge in [-0.1, -0.05) is 43.3 Å². The molecule has 28 heavy (non-hydrogen) atoms. The molecule has 2 amide bonds. The monoisotopic (exact) mass is 379 g/mol. The van der Waals surface area contributed by atoms with Gasteiger partial charge in [0.25, 0.3) is 0 Å². The number of nitrogens with zero attached hydrogens (tertiary/aromatic N) is 2. The molecule has 6 nitrogen and oxygen atoms in total. The van der Waals surface area contributed by atoms with E-state index in [-0.39, 0.29) is 18.6 Å². The fraction of sp³-hybridized carbons (Fsp3) is 0.364. The van der Waals surface area contributed by atoms with Crippen molar-refractivity contribution in [1.82, 2.24) is 10.2 Å². The first-order valence-corrected chi connectivity index (χ1v) is 9.45. The summed E-state index contributed by atoms with van der Waals surface area (Å²) in [6.07, 6.45) is 0.815. The molecule has 3 rings (SSSR count). The molecular weight excluding hydrogens is 354 g/mol. The van der Waals surface area contributed by atoms with Gasteiger partial charge in [-0.3, -0.25) is 0 Å². The molecule has 3 atom stereocenters. The Morgan fingerprint density at radius 3 is 2.61 bits per heavy atom. The Balaban J connectivity index is 1.80. The van der Waals surface area contributed by atoms with Crippen LogP contribution >= 0.6 is 0 Å². The predicted molar refractivity (Wildman–Crippen MR) is 107 cm³/mol. The van der Waals surface area contributed by atoms with Crippen LogP contribution in [0.4, 0.5) is 4.79 Å². The Hall–Kier alpha value is -3.04. The molecule has 1 aliphatic rings. The molecule has 0 unspecified atom stereocenters. The van der Waals surface area contributed by atoms with Crippen LogP contribution in [0, 0.1) is 11.3 Å². The average molecular weight is 379 g/mol. The zero-order chi connectivity index (χ0) is 20.1. The van der Waals surface area contributed by atoms with E-state index in [1.54, 1.807) is 7.11 Å². The number of hydrogen-bond donors (Lipinski definition) is 2. The third-order valence-corrected chi connectivity index (χ3v) is 5.19. The highest BCUT2D eigenvalue weighted by Gasteiger charge is 2.51. The normalized spacial score (nSPS) is 20.8. The van der Waals surface area contributed by atoms with E-state index >= 15 is 0 Å². The second kappa shape index (κ2) is 8.77. The van der Waals surface area contributed by atoms with Crippen LogP contribution < -0.4 is 10.1 Å². The summed E-state index contributed by atoms with van der Waals surface area (Å²) in [5.41, 5.74) is 3.01. The van der Waals surface area contributed by atoms with Gasteiger partial charge in [0.1, 0.15) is 11.8 Å². The van der Waals surface area contributed by atoms with Crippen LogP contribution in [0.3, 0.4) is 0 Å². The number of urea groups is 1. The average Bonchev–Trinajstić information content (AvgIpc) is 2.72.